The van der Waals surface area contributed by atoms with Crippen LogP contribution in [-0.4, -0.2) is 20.3 Å². The highest BCUT2D eigenvalue weighted by Gasteiger charge is 2.32. The molecule has 84 valence electrons. The Morgan fingerprint density at radius 1 is 1.50 bits per heavy atom. The van der Waals surface area contributed by atoms with E-state index in [1.54, 1.807) is 7.11 Å². The van der Waals surface area contributed by atoms with Crippen molar-refractivity contribution in [1.29, 1.82) is 0 Å². The Kier molecular flexibility index (Phi) is 2.14. The van der Waals surface area contributed by atoms with Crippen molar-refractivity contribution >= 4 is 5.57 Å². The minimum atomic E-state index is 0.482. The predicted octanol–water partition coefficient (Wildman–Crippen LogP) is 1.92. The zero-order chi connectivity index (χ0) is 11.1. The second-order valence-corrected chi connectivity index (χ2v) is 4.23. The van der Waals surface area contributed by atoms with Crippen LogP contribution in [0.3, 0.4) is 0 Å². The molecule has 3 nitrogen and oxygen atoms in total. The molecule has 0 bridgehead atoms. The van der Waals surface area contributed by atoms with Gasteiger partial charge < -0.3 is 15.2 Å². The first-order chi connectivity index (χ1) is 7.85. The van der Waals surface area contributed by atoms with Crippen LogP contribution in [0.5, 0.6) is 11.5 Å². The van der Waals surface area contributed by atoms with Crippen molar-refractivity contribution in [1.82, 2.24) is 0 Å². The number of ether oxygens (including phenoxy) is 2. The van der Waals surface area contributed by atoms with Crippen LogP contribution in [-0.2, 0) is 0 Å². The van der Waals surface area contributed by atoms with Gasteiger partial charge in [-0.2, -0.15) is 0 Å². The number of rotatable bonds is 2. The van der Waals surface area contributed by atoms with Crippen LogP contribution in [0.15, 0.2) is 18.2 Å². The topological polar surface area (TPSA) is 44.5 Å². The molecule has 0 saturated carbocycles. The molecule has 0 amide bonds. The highest BCUT2D eigenvalue weighted by atomic mass is 16.5. The van der Waals surface area contributed by atoms with Crippen LogP contribution in [0.4, 0.5) is 0 Å². The van der Waals surface area contributed by atoms with Gasteiger partial charge in [0.2, 0.25) is 0 Å². The lowest BCUT2D eigenvalue weighted by Gasteiger charge is -2.21. The number of allylic oxidation sites excluding steroid dienone is 1. The molecule has 1 heterocycles. The van der Waals surface area contributed by atoms with Crippen molar-refractivity contribution in [2.24, 2.45) is 5.73 Å². The number of methoxy groups -OCH3 is 1. The Labute approximate surface area is 94.9 Å². The fourth-order valence-corrected chi connectivity index (χ4v) is 2.64. The van der Waals surface area contributed by atoms with Gasteiger partial charge in [0.15, 0.2) is 0 Å². The first kappa shape index (κ1) is 9.73. The van der Waals surface area contributed by atoms with E-state index in [1.807, 2.05) is 12.1 Å². The molecule has 3 heteroatoms. The zero-order valence-corrected chi connectivity index (χ0v) is 9.32. The van der Waals surface area contributed by atoms with Crippen molar-refractivity contribution < 1.29 is 9.47 Å². The maximum atomic E-state index is 5.79. The molecule has 0 saturated heterocycles. The standard InChI is InChI=1S/C13H15NO2/c1-15-10-4-5-11-13-9(7-16-11)3-2-8(6-14)12(10)13/h2,4-5,9H,3,6-7,14H2,1H3. The van der Waals surface area contributed by atoms with Crippen LogP contribution < -0.4 is 15.2 Å². The van der Waals surface area contributed by atoms with Crippen molar-refractivity contribution in [3.8, 4) is 11.5 Å². The third-order valence-corrected chi connectivity index (χ3v) is 3.43. The van der Waals surface area contributed by atoms with Gasteiger partial charge in [-0.1, -0.05) is 6.08 Å². The van der Waals surface area contributed by atoms with Gasteiger partial charge in [-0.15, -0.1) is 0 Å². The van der Waals surface area contributed by atoms with E-state index in [-0.39, 0.29) is 0 Å². The third-order valence-electron chi connectivity index (χ3n) is 3.43. The normalized spacial score (nSPS) is 21.1. The van der Waals surface area contributed by atoms with E-state index in [9.17, 15) is 0 Å². The van der Waals surface area contributed by atoms with Crippen LogP contribution in [0.1, 0.15) is 23.5 Å². The smallest absolute Gasteiger partial charge is 0.126 e. The molecule has 0 radical (unpaired) electrons. The van der Waals surface area contributed by atoms with Crippen LogP contribution >= 0.6 is 0 Å². The summed E-state index contributed by atoms with van der Waals surface area (Å²) in [4.78, 5) is 0. The maximum absolute atomic E-state index is 5.79. The number of hydrogen-bond acceptors (Lipinski definition) is 3. The van der Waals surface area contributed by atoms with Gasteiger partial charge in [0.25, 0.3) is 0 Å². The fraction of sp³-hybridized carbons (Fsp3) is 0.385. The Morgan fingerprint density at radius 2 is 2.38 bits per heavy atom. The highest BCUT2D eigenvalue weighted by Crippen LogP contribution is 2.47. The summed E-state index contributed by atoms with van der Waals surface area (Å²) in [5.74, 6) is 2.39. The average Bonchev–Trinajstić information content (AvgIpc) is 2.75. The van der Waals surface area contributed by atoms with Gasteiger partial charge in [-0.3, -0.25) is 0 Å². The maximum Gasteiger partial charge on any atom is 0.126 e. The number of benzene rings is 1. The van der Waals surface area contributed by atoms with Crippen molar-refractivity contribution in [2.45, 2.75) is 12.3 Å². The largest absolute Gasteiger partial charge is 0.496 e. The summed E-state index contributed by atoms with van der Waals surface area (Å²) < 4.78 is 11.1. The highest BCUT2D eigenvalue weighted by molar-refractivity contribution is 5.79. The third kappa shape index (κ3) is 1.18. The van der Waals surface area contributed by atoms with Gasteiger partial charge in [-0.25, -0.2) is 0 Å². The molecule has 16 heavy (non-hydrogen) atoms. The van der Waals surface area contributed by atoms with Crippen LogP contribution in [0.25, 0.3) is 5.57 Å². The summed E-state index contributed by atoms with van der Waals surface area (Å²) in [6.45, 7) is 1.34. The summed E-state index contributed by atoms with van der Waals surface area (Å²) in [7, 11) is 1.70. The van der Waals surface area contributed by atoms with E-state index < -0.39 is 0 Å². The predicted molar refractivity (Wildman–Crippen MR) is 62.9 cm³/mol. The Hall–Kier alpha value is -1.48. The van der Waals surface area contributed by atoms with E-state index in [0.29, 0.717) is 12.5 Å². The Balaban J connectivity index is 2.25. The van der Waals surface area contributed by atoms with E-state index in [4.69, 9.17) is 15.2 Å². The van der Waals surface area contributed by atoms with Crippen molar-refractivity contribution in [3.63, 3.8) is 0 Å². The van der Waals surface area contributed by atoms with Crippen molar-refractivity contribution in [2.75, 3.05) is 20.3 Å². The second-order valence-electron chi connectivity index (χ2n) is 4.23. The molecule has 0 spiro atoms. The minimum absolute atomic E-state index is 0.482. The lowest BCUT2D eigenvalue weighted by molar-refractivity contribution is 0.331. The molecule has 1 aliphatic heterocycles. The van der Waals surface area contributed by atoms with E-state index in [2.05, 4.69) is 6.08 Å². The summed E-state index contributed by atoms with van der Waals surface area (Å²) >= 11 is 0. The average molecular weight is 217 g/mol. The SMILES string of the molecule is COc1ccc2c3c1C(CN)=CCC3CO2. The molecule has 1 unspecified atom stereocenters. The second kappa shape index (κ2) is 3.52. The van der Waals surface area contributed by atoms with Gasteiger partial charge in [0.1, 0.15) is 11.5 Å². The van der Waals surface area contributed by atoms with Gasteiger partial charge in [0, 0.05) is 23.6 Å². The van der Waals surface area contributed by atoms with Gasteiger partial charge in [0.05, 0.1) is 13.7 Å². The summed E-state index contributed by atoms with van der Waals surface area (Å²) in [5, 5.41) is 0. The van der Waals surface area contributed by atoms with Gasteiger partial charge >= 0.3 is 0 Å². The lowest BCUT2D eigenvalue weighted by atomic mass is 9.83. The minimum Gasteiger partial charge on any atom is -0.496 e. The molecular formula is C13H15NO2. The summed E-state index contributed by atoms with van der Waals surface area (Å²) in [6.07, 6.45) is 3.24. The molecule has 0 fully saturated rings. The zero-order valence-electron chi connectivity index (χ0n) is 9.32. The Morgan fingerprint density at radius 3 is 3.12 bits per heavy atom. The first-order valence-electron chi connectivity index (χ1n) is 5.58. The first-order valence-corrected chi connectivity index (χ1v) is 5.58. The quantitative estimate of drug-likeness (QED) is 0.823. The fourth-order valence-electron chi connectivity index (χ4n) is 2.64. The molecule has 1 atom stereocenters. The molecule has 2 N–H and O–H groups in total. The lowest BCUT2D eigenvalue weighted by Crippen LogP contribution is -2.12. The van der Waals surface area contributed by atoms with Gasteiger partial charge in [-0.05, 0) is 24.1 Å². The molecule has 1 aliphatic carbocycles. The summed E-state index contributed by atoms with van der Waals surface area (Å²) in [5.41, 5.74) is 9.43. The molecule has 3 rings (SSSR count). The van der Waals surface area contributed by atoms with Crippen LogP contribution in [0, 0.1) is 0 Å². The number of hydrogen-bond donors (Lipinski definition) is 1. The monoisotopic (exact) mass is 217 g/mol. The molecular weight excluding hydrogens is 202 g/mol. The van der Waals surface area contributed by atoms with Crippen LogP contribution in [0.2, 0.25) is 0 Å². The molecule has 1 aromatic carbocycles. The molecule has 2 aliphatic rings. The Bertz CT molecular complexity index is 465. The molecule has 0 aromatic heterocycles. The van der Waals surface area contributed by atoms with E-state index >= 15 is 0 Å². The summed E-state index contributed by atoms with van der Waals surface area (Å²) in [6, 6.07) is 3.96. The van der Waals surface area contributed by atoms with E-state index in [0.717, 1.165) is 30.1 Å². The molecule has 1 aromatic rings. The number of nitrogens with two attached hydrogens (primary N) is 1. The van der Waals surface area contributed by atoms with Crippen molar-refractivity contribution in [3.05, 3.63) is 29.3 Å². The van der Waals surface area contributed by atoms with E-state index in [1.165, 1.54) is 11.1 Å².